The van der Waals surface area contributed by atoms with Crippen molar-refractivity contribution in [1.29, 1.82) is 0 Å². The van der Waals surface area contributed by atoms with Crippen molar-refractivity contribution in [2.24, 2.45) is 0 Å². The maximum absolute atomic E-state index is 10.9. The maximum atomic E-state index is 10.9. The highest BCUT2D eigenvalue weighted by Crippen LogP contribution is 2.23. The Morgan fingerprint density at radius 2 is 2.18 bits per heavy atom. The fraction of sp³-hybridized carbons (Fsp3) is 0.583. The molecule has 94 valence electrons. The second-order valence-corrected chi connectivity index (χ2v) is 4.12. The topological polar surface area (TPSA) is 68.1 Å². The van der Waals surface area contributed by atoms with E-state index in [1.807, 2.05) is 6.92 Å². The molecule has 0 fully saturated rings. The van der Waals surface area contributed by atoms with Crippen LogP contribution in [0.3, 0.4) is 0 Å². The first-order valence-electron chi connectivity index (χ1n) is 5.97. The molecule has 1 heterocycles. The largest absolute Gasteiger partial charge is 0.362 e. The number of nitro groups is 1. The zero-order chi connectivity index (χ0) is 12.8. The van der Waals surface area contributed by atoms with Crippen LogP contribution in [0, 0.1) is 17.0 Å². The van der Waals surface area contributed by atoms with Crippen LogP contribution in [0.25, 0.3) is 0 Å². The number of hydrogen-bond donors (Lipinski definition) is 1. The summed E-state index contributed by atoms with van der Waals surface area (Å²) in [5.74, 6) is 0.385. The van der Waals surface area contributed by atoms with E-state index in [2.05, 4.69) is 24.1 Å². The van der Waals surface area contributed by atoms with Crippen molar-refractivity contribution in [2.45, 2.75) is 46.1 Å². The summed E-state index contributed by atoms with van der Waals surface area (Å²) in [6.45, 7) is 5.99. The van der Waals surface area contributed by atoms with Crippen molar-refractivity contribution >= 4 is 11.5 Å². The van der Waals surface area contributed by atoms with E-state index >= 15 is 0 Å². The van der Waals surface area contributed by atoms with E-state index < -0.39 is 4.92 Å². The number of nitrogens with one attached hydrogen (secondary N) is 1. The number of aryl methyl sites for hydroxylation is 1. The minimum Gasteiger partial charge on any atom is -0.362 e. The van der Waals surface area contributed by atoms with E-state index in [9.17, 15) is 10.1 Å². The molecule has 0 spiro atoms. The van der Waals surface area contributed by atoms with Crippen LogP contribution in [-0.2, 0) is 0 Å². The first-order chi connectivity index (χ1) is 8.08. The summed E-state index contributed by atoms with van der Waals surface area (Å²) in [6, 6.07) is 3.40. The zero-order valence-electron chi connectivity index (χ0n) is 10.6. The second kappa shape index (κ2) is 6.18. The number of anilines is 1. The number of nitrogens with zero attached hydrogens (tertiary/aromatic N) is 2. The Morgan fingerprint density at radius 1 is 1.47 bits per heavy atom. The molecular formula is C12H19N3O2. The fourth-order valence-electron chi connectivity index (χ4n) is 1.72. The van der Waals surface area contributed by atoms with E-state index in [0.29, 0.717) is 5.82 Å². The molecule has 0 saturated heterocycles. The summed E-state index contributed by atoms with van der Waals surface area (Å²) >= 11 is 0. The highest BCUT2D eigenvalue weighted by Gasteiger charge is 2.17. The standard InChI is InChI=1S/C12H19N3O2/c1-4-6-10(5-2)14-12-11(15(16)17)8-7-9(3)13-12/h7-8,10H,4-6H2,1-3H3,(H,13,14). The quantitative estimate of drug-likeness (QED) is 0.609. The molecule has 0 bridgehead atoms. The van der Waals surface area contributed by atoms with Crippen molar-refractivity contribution in [3.8, 4) is 0 Å². The molecule has 0 aliphatic carbocycles. The highest BCUT2D eigenvalue weighted by atomic mass is 16.6. The average Bonchev–Trinajstić information content (AvgIpc) is 2.28. The van der Waals surface area contributed by atoms with Crippen molar-refractivity contribution in [2.75, 3.05) is 5.32 Å². The van der Waals surface area contributed by atoms with Crippen LogP contribution >= 0.6 is 0 Å². The molecule has 0 saturated carbocycles. The average molecular weight is 237 g/mol. The Balaban J connectivity index is 2.94. The van der Waals surface area contributed by atoms with E-state index in [1.54, 1.807) is 6.07 Å². The molecule has 1 rings (SSSR count). The maximum Gasteiger partial charge on any atom is 0.311 e. The zero-order valence-corrected chi connectivity index (χ0v) is 10.6. The molecule has 0 amide bonds. The summed E-state index contributed by atoms with van der Waals surface area (Å²) in [6.07, 6.45) is 2.97. The van der Waals surface area contributed by atoms with Crippen LogP contribution in [0.15, 0.2) is 12.1 Å². The molecule has 0 aliphatic heterocycles. The van der Waals surface area contributed by atoms with E-state index in [0.717, 1.165) is 25.0 Å². The van der Waals surface area contributed by atoms with Gasteiger partial charge in [0.1, 0.15) is 0 Å². The molecular weight excluding hydrogens is 218 g/mol. The lowest BCUT2D eigenvalue weighted by atomic mass is 10.1. The summed E-state index contributed by atoms with van der Waals surface area (Å²) < 4.78 is 0. The Kier molecular flexibility index (Phi) is 4.87. The van der Waals surface area contributed by atoms with Gasteiger partial charge in [-0.15, -0.1) is 0 Å². The van der Waals surface area contributed by atoms with Crippen molar-refractivity contribution in [1.82, 2.24) is 4.98 Å². The summed E-state index contributed by atoms with van der Waals surface area (Å²) in [7, 11) is 0. The van der Waals surface area contributed by atoms with Crippen molar-refractivity contribution < 1.29 is 4.92 Å². The molecule has 1 N–H and O–H groups in total. The smallest absolute Gasteiger partial charge is 0.311 e. The second-order valence-electron chi connectivity index (χ2n) is 4.12. The lowest BCUT2D eigenvalue weighted by Gasteiger charge is -2.16. The van der Waals surface area contributed by atoms with Gasteiger partial charge in [-0.1, -0.05) is 20.3 Å². The van der Waals surface area contributed by atoms with Crippen LogP contribution in [0.4, 0.5) is 11.5 Å². The number of pyridine rings is 1. The molecule has 17 heavy (non-hydrogen) atoms. The summed E-state index contributed by atoms with van der Waals surface area (Å²) in [5.41, 5.74) is 0.828. The lowest BCUT2D eigenvalue weighted by molar-refractivity contribution is -0.384. The van der Waals surface area contributed by atoms with Crippen LogP contribution in [-0.4, -0.2) is 15.9 Å². The molecule has 1 aromatic rings. The third kappa shape index (κ3) is 3.69. The summed E-state index contributed by atoms with van der Waals surface area (Å²) in [5, 5.41) is 14.1. The highest BCUT2D eigenvalue weighted by molar-refractivity contribution is 5.56. The van der Waals surface area contributed by atoms with Gasteiger partial charge in [0.2, 0.25) is 5.82 Å². The van der Waals surface area contributed by atoms with Gasteiger partial charge >= 0.3 is 5.69 Å². The molecule has 0 aliphatic rings. The third-order valence-electron chi connectivity index (χ3n) is 2.68. The van der Waals surface area contributed by atoms with Crippen molar-refractivity contribution in [3.05, 3.63) is 27.9 Å². The predicted molar refractivity (Wildman–Crippen MR) is 68.2 cm³/mol. The van der Waals surface area contributed by atoms with Gasteiger partial charge in [-0.2, -0.15) is 0 Å². The normalized spacial score (nSPS) is 12.2. The Hall–Kier alpha value is -1.65. The van der Waals surface area contributed by atoms with Gasteiger partial charge in [0, 0.05) is 17.8 Å². The van der Waals surface area contributed by atoms with Gasteiger partial charge in [-0.3, -0.25) is 10.1 Å². The first kappa shape index (κ1) is 13.4. The lowest BCUT2D eigenvalue weighted by Crippen LogP contribution is -2.19. The molecule has 1 unspecified atom stereocenters. The van der Waals surface area contributed by atoms with Gasteiger partial charge < -0.3 is 5.32 Å². The minimum atomic E-state index is -0.395. The van der Waals surface area contributed by atoms with Crippen LogP contribution in [0.1, 0.15) is 38.8 Å². The monoisotopic (exact) mass is 237 g/mol. The Labute approximate surface area is 101 Å². The first-order valence-corrected chi connectivity index (χ1v) is 5.97. The van der Waals surface area contributed by atoms with Gasteiger partial charge in [-0.05, 0) is 25.8 Å². The molecule has 1 atom stereocenters. The predicted octanol–water partition coefficient (Wildman–Crippen LogP) is 3.29. The molecule has 0 aromatic carbocycles. The van der Waals surface area contributed by atoms with Crippen LogP contribution in [0.2, 0.25) is 0 Å². The molecule has 5 heteroatoms. The fourth-order valence-corrected chi connectivity index (χ4v) is 1.72. The number of aromatic nitrogens is 1. The SMILES string of the molecule is CCCC(CC)Nc1nc(C)ccc1[N+](=O)[O-]. The molecule has 1 aromatic heterocycles. The van der Waals surface area contributed by atoms with E-state index in [4.69, 9.17) is 0 Å². The summed E-state index contributed by atoms with van der Waals surface area (Å²) in [4.78, 5) is 14.7. The molecule has 0 radical (unpaired) electrons. The Morgan fingerprint density at radius 3 is 2.71 bits per heavy atom. The van der Waals surface area contributed by atoms with Gasteiger partial charge in [0.05, 0.1) is 4.92 Å². The third-order valence-corrected chi connectivity index (χ3v) is 2.68. The van der Waals surface area contributed by atoms with Crippen LogP contribution in [0.5, 0.6) is 0 Å². The minimum absolute atomic E-state index is 0.0464. The molecule has 5 nitrogen and oxygen atoms in total. The van der Waals surface area contributed by atoms with Crippen molar-refractivity contribution in [3.63, 3.8) is 0 Å². The van der Waals surface area contributed by atoms with Crippen LogP contribution < -0.4 is 5.32 Å². The van der Waals surface area contributed by atoms with E-state index in [-0.39, 0.29) is 11.7 Å². The van der Waals surface area contributed by atoms with Gasteiger partial charge in [0.25, 0.3) is 0 Å². The van der Waals surface area contributed by atoms with E-state index in [1.165, 1.54) is 6.07 Å². The van der Waals surface area contributed by atoms with Gasteiger partial charge in [-0.25, -0.2) is 4.98 Å². The Bertz CT molecular complexity index is 393. The number of rotatable bonds is 6. The van der Waals surface area contributed by atoms with Gasteiger partial charge in [0.15, 0.2) is 0 Å². The number of hydrogen-bond acceptors (Lipinski definition) is 4.